The molecule has 0 aliphatic heterocycles. The molecular formula is C16H25ClN2O3. The number of β-amino-alcohol motifs (C(OH)–C–C–N with tert-alkyl or cyclic N) is 1. The summed E-state index contributed by atoms with van der Waals surface area (Å²) in [7, 11) is 0. The van der Waals surface area contributed by atoms with Gasteiger partial charge in [-0.15, -0.1) is 0 Å². The van der Waals surface area contributed by atoms with Crippen molar-refractivity contribution in [1.82, 2.24) is 10.6 Å². The molecule has 1 unspecified atom stereocenters. The fourth-order valence-corrected chi connectivity index (χ4v) is 1.92. The summed E-state index contributed by atoms with van der Waals surface area (Å²) in [5.41, 5.74) is 0.840. The van der Waals surface area contributed by atoms with Gasteiger partial charge in [-0.05, 0) is 38.5 Å². The molecule has 0 aromatic heterocycles. The van der Waals surface area contributed by atoms with Gasteiger partial charge in [0.25, 0.3) is 0 Å². The number of nitrogens with one attached hydrogen (secondary N) is 2. The first kappa shape index (κ1) is 18.7. The number of aliphatic hydroxyl groups is 1. The maximum atomic E-state index is 10.9. The van der Waals surface area contributed by atoms with Gasteiger partial charge in [0.05, 0.1) is 5.02 Å². The second-order valence-corrected chi connectivity index (χ2v) is 6.68. The van der Waals surface area contributed by atoms with Crippen LogP contribution < -0.4 is 15.4 Å². The van der Waals surface area contributed by atoms with Crippen molar-refractivity contribution in [2.45, 2.75) is 45.9 Å². The Hall–Kier alpha value is -1.30. The van der Waals surface area contributed by atoms with Crippen molar-refractivity contribution in [2.24, 2.45) is 0 Å². The molecule has 0 saturated heterocycles. The Balaban J connectivity index is 2.47. The first-order chi connectivity index (χ1) is 10.2. The molecule has 1 aromatic carbocycles. The molecule has 5 nitrogen and oxygen atoms in total. The molecule has 0 bridgehead atoms. The number of hydrogen-bond acceptors (Lipinski definition) is 4. The number of halogens is 1. The highest BCUT2D eigenvalue weighted by Crippen LogP contribution is 2.25. The van der Waals surface area contributed by atoms with Gasteiger partial charge in [0.15, 0.2) is 0 Å². The van der Waals surface area contributed by atoms with Crippen LogP contribution in [0.25, 0.3) is 0 Å². The minimum atomic E-state index is -0.616. The quantitative estimate of drug-likeness (QED) is 0.717. The van der Waals surface area contributed by atoms with Crippen LogP contribution >= 0.6 is 11.6 Å². The van der Waals surface area contributed by atoms with Crippen molar-refractivity contribution in [2.75, 3.05) is 13.2 Å². The van der Waals surface area contributed by atoms with Crippen molar-refractivity contribution >= 4 is 17.5 Å². The monoisotopic (exact) mass is 328 g/mol. The summed E-state index contributed by atoms with van der Waals surface area (Å²) in [6.45, 7) is 8.59. The highest BCUT2D eigenvalue weighted by molar-refractivity contribution is 6.32. The molecule has 0 aliphatic rings. The van der Waals surface area contributed by atoms with Crippen molar-refractivity contribution in [3.05, 3.63) is 28.8 Å². The lowest BCUT2D eigenvalue weighted by Crippen LogP contribution is -2.42. The molecule has 0 aliphatic carbocycles. The van der Waals surface area contributed by atoms with Crippen molar-refractivity contribution < 1.29 is 14.6 Å². The van der Waals surface area contributed by atoms with Crippen LogP contribution in [0.4, 0.5) is 0 Å². The Morgan fingerprint density at radius 2 is 2.09 bits per heavy atom. The number of carbonyl (C=O) groups excluding carboxylic acids is 1. The minimum absolute atomic E-state index is 0.0516. The van der Waals surface area contributed by atoms with Crippen molar-refractivity contribution in [3.8, 4) is 5.75 Å². The Labute approximate surface area is 137 Å². The second kappa shape index (κ2) is 8.36. The van der Waals surface area contributed by atoms with Gasteiger partial charge in [0, 0.05) is 25.6 Å². The third-order valence-corrected chi connectivity index (χ3v) is 3.13. The summed E-state index contributed by atoms with van der Waals surface area (Å²) in [5.74, 6) is 0.425. The minimum Gasteiger partial charge on any atom is -0.489 e. The van der Waals surface area contributed by atoms with Crippen LogP contribution in [0, 0.1) is 0 Å². The summed E-state index contributed by atoms with van der Waals surface area (Å²) < 4.78 is 5.54. The van der Waals surface area contributed by atoms with E-state index in [0.29, 0.717) is 23.9 Å². The van der Waals surface area contributed by atoms with E-state index in [-0.39, 0.29) is 18.1 Å². The number of hydrogen-bond donors (Lipinski definition) is 3. The van der Waals surface area contributed by atoms with E-state index in [0.717, 1.165) is 5.56 Å². The topological polar surface area (TPSA) is 70.6 Å². The predicted octanol–water partition coefficient (Wildman–Crippen LogP) is 2.10. The summed E-state index contributed by atoms with van der Waals surface area (Å²) in [6, 6.07) is 5.31. The standard InChI is InChI=1S/C16H25ClN2O3/c1-11(20)18-8-12-5-6-15(14(17)7-12)22-10-13(21)9-19-16(2,3)4/h5-7,13,19,21H,8-10H2,1-4H3,(H,18,20). The summed E-state index contributed by atoms with van der Waals surface area (Å²) >= 11 is 6.14. The van der Waals surface area contributed by atoms with Gasteiger partial charge >= 0.3 is 0 Å². The Morgan fingerprint density at radius 3 is 2.64 bits per heavy atom. The SMILES string of the molecule is CC(=O)NCc1ccc(OCC(O)CNC(C)(C)C)c(Cl)c1. The molecule has 3 N–H and O–H groups in total. The van der Waals surface area contributed by atoms with Gasteiger partial charge < -0.3 is 20.5 Å². The smallest absolute Gasteiger partial charge is 0.217 e. The fourth-order valence-electron chi connectivity index (χ4n) is 1.67. The van der Waals surface area contributed by atoms with Crippen molar-refractivity contribution in [3.63, 3.8) is 0 Å². The maximum absolute atomic E-state index is 10.9. The predicted molar refractivity (Wildman–Crippen MR) is 88.2 cm³/mol. The van der Waals surface area contributed by atoms with Crippen LogP contribution in [-0.2, 0) is 11.3 Å². The van der Waals surface area contributed by atoms with Gasteiger partial charge in [0.2, 0.25) is 5.91 Å². The van der Waals surface area contributed by atoms with Crippen LogP contribution in [-0.4, -0.2) is 35.8 Å². The summed E-state index contributed by atoms with van der Waals surface area (Å²) in [6.07, 6.45) is -0.616. The normalized spacial score (nSPS) is 12.8. The lowest BCUT2D eigenvalue weighted by Gasteiger charge is -2.23. The van der Waals surface area contributed by atoms with Crippen LogP contribution in [0.15, 0.2) is 18.2 Å². The maximum Gasteiger partial charge on any atom is 0.217 e. The highest BCUT2D eigenvalue weighted by Gasteiger charge is 2.13. The van der Waals surface area contributed by atoms with Crippen LogP contribution in [0.1, 0.15) is 33.3 Å². The van der Waals surface area contributed by atoms with E-state index in [4.69, 9.17) is 16.3 Å². The molecular weight excluding hydrogens is 304 g/mol. The number of rotatable bonds is 7. The lowest BCUT2D eigenvalue weighted by atomic mass is 10.1. The van der Waals surface area contributed by atoms with E-state index in [1.807, 2.05) is 26.8 Å². The Morgan fingerprint density at radius 1 is 1.41 bits per heavy atom. The molecule has 1 atom stereocenters. The van der Waals surface area contributed by atoms with Gasteiger partial charge in [-0.1, -0.05) is 17.7 Å². The largest absolute Gasteiger partial charge is 0.489 e. The molecule has 0 radical (unpaired) electrons. The fraction of sp³-hybridized carbons (Fsp3) is 0.562. The molecule has 0 spiro atoms. The zero-order chi connectivity index (χ0) is 16.8. The van der Waals surface area contributed by atoms with E-state index >= 15 is 0 Å². The summed E-state index contributed by atoms with van der Waals surface area (Å²) in [4.78, 5) is 10.9. The number of ether oxygens (including phenoxy) is 1. The van der Waals surface area contributed by atoms with E-state index in [2.05, 4.69) is 10.6 Å². The van der Waals surface area contributed by atoms with Gasteiger partial charge in [-0.25, -0.2) is 0 Å². The molecule has 0 heterocycles. The average Bonchev–Trinajstić information content (AvgIpc) is 2.41. The average molecular weight is 329 g/mol. The number of aliphatic hydroxyl groups excluding tert-OH is 1. The first-order valence-electron chi connectivity index (χ1n) is 7.26. The number of carbonyl (C=O) groups is 1. The molecule has 1 amide bonds. The molecule has 22 heavy (non-hydrogen) atoms. The van der Waals surface area contributed by atoms with Crippen LogP contribution in [0.2, 0.25) is 5.02 Å². The molecule has 0 saturated carbocycles. The summed E-state index contributed by atoms with van der Waals surface area (Å²) in [5, 5.41) is 16.3. The van der Waals surface area contributed by atoms with Gasteiger partial charge in [-0.2, -0.15) is 0 Å². The van der Waals surface area contributed by atoms with Gasteiger partial charge in [0.1, 0.15) is 18.5 Å². The lowest BCUT2D eigenvalue weighted by molar-refractivity contribution is -0.119. The first-order valence-corrected chi connectivity index (χ1v) is 7.64. The van der Waals surface area contributed by atoms with Gasteiger partial charge in [-0.3, -0.25) is 4.79 Å². The zero-order valence-electron chi connectivity index (χ0n) is 13.6. The Kier molecular flexibility index (Phi) is 7.13. The third-order valence-electron chi connectivity index (χ3n) is 2.84. The molecule has 1 rings (SSSR count). The number of benzene rings is 1. The van der Waals surface area contributed by atoms with E-state index < -0.39 is 6.10 Å². The molecule has 1 aromatic rings. The number of amides is 1. The second-order valence-electron chi connectivity index (χ2n) is 6.27. The van der Waals surface area contributed by atoms with Crippen LogP contribution in [0.3, 0.4) is 0 Å². The van der Waals surface area contributed by atoms with Crippen LogP contribution in [0.5, 0.6) is 5.75 Å². The van der Waals surface area contributed by atoms with Crippen molar-refractivity contribution in [1.29, 1.82) is 0 Å². The molecule has 124 valence electrons. The van der Waals surface area contributed by atoms with E-state index in [1.165, 1.54) is 6.92 Å². The molecule has 0 fully saturated rings. The highest BCUT2D eigenvalue weighted by atomic mass is 35.5. The molecule has 6 heteroatoms. The van der Waals surface area contributed by atoms with E-state index in [1.54, 1.807) is 12.1 Å². The zero-order valence-corrected chi connectivity index (χ0v) is 14.3. The Bertz CT molecular complexity index is 501. The third kappa shape index (κ3) is 7.64. The van der Waals surface area contributed by atoms with E-state index in [9.17, 15) is 9.90 Å².